The lowest BCUT2D eigenvalue weighted by Gasteiger charge is -2.38. The highest BCUT2D eigenvalue weighted by Gasteiger charge is 2.48. The SMILES string of the molecule is Cn1ccc(CN2CCC(C3(C)NC(=O)NC3=O)CC2)n1. The van der Waals surface area contributed by atoms with Crippen molar-refractivity contribution in [3.63, 3.8) is 0 Å². The Kier molecular flexibility index (Phi) is 3.44. The van der Waals surface area contributed by atoms with E-state index >= 15 is 0 Å². The summed E-state index contributed by atoms with van der Waals surface area (Å²) in [5.74, 6) is -0.0143. The van der Waals surface area contributed by atoms with E-state index in [9.17, 15) is 9.59 Å². The number of nitrogens with one attached hydrogen (secondary N) is 2. The fraction of sp³-hybridized carbons (Fsp3) is 0.643. The monoisotopic (exact) mass is 291 g/mol. The Balaban J connectivity index is 1.58. The quantitative estimate of drug-likeness (QED) is 0.781. The van der Waals surface area contributed by atoms with Gasteiger partial charge in [-0.3, -0.25) is 19.7 Å². The van der Waals surface area contributed by atoms with Gasteiger partial charge in [0.2, 0.25) is 0 Å². The molecule has 2 aliphatic heterocycles. The first-order valence-corrected chi connectivity index (χ1v) is 7.32. The number of piperidine rings is 1. The van der Waals surface area contributed by atoms with Gasteiger partial charge >= 0.3 is 6.03 Å². The van der Waals surface area contributed by atoms with Gasteiger partial charge in [0.15, 0.2) is 0 Å². The maximum atomic E-state index is 12.0. The number of carbonyl (C=O) groups is 2. The number of aryl methyl sites for hydroxylation is 1. The van der Waals surface area contributed by atoms with E-state index in [-0.39, 0.29) is 17.9 Å². The van der Waals surface area contributed by atoms with Gasteiger partial charge in [0.1, 0.15) is 5.54 Å². The molecule has 2 aliphatic rings. The van der Waals surface area contributed by atoms with E-state index in [1.807, 2.05) is 30.9 Å². The van der Waals surface area contributed by atoms with Crippen molar-refractivity contribution in [2.45, 2.75) is 31.8 Å². The van der Waals surface area contributed by atoms with Crippen LogP contribution in [-0.4, -0.2) is 45.2 Å². The molecule has 0 saturated carbocycles. The van der Waals surface area contributed by atoms with Crippen LogP contribution in [0.15, 0.2) is 12.3 Å². The average Bonchev–Trinajstić information content (AvgIpc) is 2.95. The van der Waals surface area contributed by atoms with Crippen molar-refractivity contribution in [3.8, 4) is 0 Å². The van der Waals surface area contributed by atoms with E-state index in [2.05, 4.69) is 20.6 Å². The van der Waals surface area contributed by atoms with Crippen molar-refractivity contribution in [1.82, 2.24) is 25.3 Å². The molecule has 114 valence electrons. The molecule has 0 aliphatic carbocycles. The van der Waals surface area contributed by atoms with Gasteiger partial charge in [-0.05, 0) is 44.8 Å². The molecule has 7 nitrogen and oxygen atoms in total. The third-order valence-corrected chi connectivity index (χ3v) is 4.63. The fourth-order valence-electron chi connectivity index (χ4n) is 3.29. The van der Waals surface area contributed by atoms with Gasteiger partial charge in [-0.1, -0.05) is 0 Å². The number of hydrogen-bond donors (Lipinski definition) is 2. The van der Waals surface area contributed by atoms with Gasteiger partial charge in [0.05, 0.1) is 5.69 Å². The summed E-state index contributed by atoms with van der Waals surface area (Å²) in [6, 6.07) is 1.65. The van der Waals surface area contributed by atoms with Gasteiger partial charge < -0.3 is 5.32 Å². The molecule has 1 aromatic rings. The minimum atomic E-state index is -0.756. The Hall–Kier alpha value is -1.89. The van der Waals surface area contributed by atoms with Crippen molar-refractivity contribution in [2.24, 2.45) is 13.0 Å². The molecule has 3 heterocycles. The maximum absolute atomic E-state index is 12.0. The number of carbonyl (C=O) groups excluding carboxylic acids is 2. The molecular formula is C14H21N5O2. The lowest BCUT2D eigenvalue weighted by atomic mass is 9.79. The lowest BCUT2D eigenvalue weighted by Crippen LogP contribution is -2.53. The second-order valence-corrected chi connectivity index (χ2v) is 6.14. The zero-order valence-electron chi connectivity index (χ0n) is 12.4. The highest BCUT2D eigenvalue weighted by molar-refractivity contribution is 6.06. The van der Waals surface area contributed by atoms with Crippen LogP contribution in [0.3, 0.4) is 0 Å². The maximum Gasteiger partial charge on any atom is 0.322 e. The van der Waals surface area contributed by atoms with E-state index in [1.54, 1.807) is 0 Å². The molecule has 0 aromatic carbocycles. The molecular weight excluding hydrogens is 270 g/mol. The minimum Gasteiger partial charge on any atom is -0.323 e. The van der Waals surface area contributed by atoms with Crippen LogP contribution in [0.5, 0.6) is 0 Å². The standard InChI is InChI=1S/C14H21N5O2/c1-14(12(20)15-13(21)16-14)10-3-7-19(8-4-10)9-11-5-6-18(2)17-11/h5-6,10H,3-4,7-9H2,1-2H3,(H2,15,16,20,21). The molecule has 2 fully saturated rings. The Morgan fingerprint density at radius 2 is 2.10 bits per heavy atom. The summed E-state index contributed by atoms with van der Waals surface area (Å²) in [5.41, 5.74) is 0.308. The first-order valence-electron chi connectivity index (χ1n) is 7.32. The summed E-state index contributed by atoms with van der Waals surface area (Å²) < 4.78 is 1.81. The van der Waals surface area contributed by atoms with Crippen LogP contribution in [0.1, 0.15) is 25.5 Å². The summed E-state index contributed by atoms with van der Waals surface area (Å²) in [6.45, 7) is 4.50. The Morgan fingerprint density at radius 3 is 2.62 bits per heavy atom. The Bertz CT molecular complexity index is 561. The van der Waals surface area contributed by atoms with Gasteiger partial charge in [-0.2, -0.15) is 5.10 Å². The molecule has 1 atom stereocenters. The van der Waals surface area contributed by atoms with Crippen LogP contribution in [0.4, 0.5) is 4.79 Å². The number of nitrogens with zero attached hydrogens (tertiary/aromatic N) is 3. The fourth-order valence-corrected chi connectivity index (χ4v) is 3.29. The molecule has 2 N–H and O–H groups in total. The van der Waals surface area contributed by atoms with Gasteiger partial charge in [-0.25, -0.2) is 4.79 Å². The largest absolute Gasteiger partial charge is 0.323 e. The molecule has 3 rings (SSSR count). The zero-order chi connectivity index (χ0) is 15.0. The van der Waals surface area contributed by atoms with Crippen LogP contribution in [0, 0.1) is 5.92 Å². The molecule has 0 bridgehead atoms. The van der Waals surface area contributed by atoms with E-state index < -0.39 is 5.54 Å². The topological polar surface area (TPSA) is 79.3 Å². The van der Waals surface area contributed by atoms with E-state index in [0.29, 0.717) is 0 Å². The minimum absolute atomic E-state index is 0.184. The van der Waals surface area contributed by atoms with Crippen LogP contribution in [-0.2, 0) is 18.4 Å². The number of amides is 3. The van der Waals surface area contributed by atoms with Gasteiger partial charge in [0.25, 0.3) is 5.91 Å². The number of urea groups is 1. The van der Waals surface area contributed by atoms with Crippen molar-refractivity contribution in [2.75, 3.05) is 13.1 Å². The number of likely N-dealkylation sites (tertiary alicyclic amines) is 1. The smallest absolute Gasteiger partial charge is 0.322 e. The average molecular weight is 291 g/mol. The zero-order valence-corrected chi connectivity index (χ0v) is 12.4. The third-order valence-electron chi connectivity index (χ3n) is 4.63. The second-order valence-electron chi connectivity index (χ2n) is 6.14. The summed E-state index contributed by atoms with van der Waals surface area (Å²) in [5, 5.41) is 9.52. The molecule has 0 radical (unpaired) electrons. The highest BCUT2D eigenvalue weighted by atomic mass is 16.2. The summed E-state index contributed by atoms with van der Waals surface area (Å²) in [7, 11) is 1.91. The van der Waals surface area contributed by atoms with Crippen LogP contribution >= 0.6 is 0 Å². The van der Waals surface area contributed by atoms with Crippen LogP contribution < -0.4 is 10.6 Å². The molecule has 0 spiro atoms. The molecule has 1 aromatic heterocycles. The first kappa shape index (κ1) is 14.1. The lowest BCUT2D eigenvalue weighted by molar-refractivity contribution is -0.125. The van der Waals surface area contributed by atoms with Crippen molar-refractivity contribution < 1.29 is 9.59 Å². The number of aromatic nitrogens is 2. The summed E-state index contributed by atoms with van der Waals surface area (Å²) in [6.07, 6.45) is 3.75. The van der Waals surface area contributed by atoms with Gasteiger partial charge in [-0.15, -0.1) is 0 Å². The molecule has 21 heavy (non-hydrogen) atoms. The van der Waals surface area contributed by atoms with E-state index in [1.165, 1.54) is 0 Å². The molecule has 2 saturated heterocycles. The number of hydrogen-bond acceptors (Lipinski definition) is 4. The number of imide groups is 1. The summed E-state index contributed by atoms with van der Waals surface area (Å²) >= 11 is 0. The normalized spacial score (nSPS) is 27.7. The summed E-state index contributed by atoms with van der Waals surface area (Å²) in [4.78, 5) is 25.7. The highest BCUT2D eigenvalue weighted by Crippen LogP contribution is 2.30. The van der Waals surface area contributed by atoms with E-state index in [0.717, 1.165) is 38.2 Å². The van der Waals surface area contributed by atoms with Crippen LogP contribution in [0.25, 0.3) is 0 Å². The number of rotatable bonds is 3. The van der Waals surface area contributed by atoms with Crippen molar-refractivity contribution in [3.05, 3.63) is 18.0 Å². The second kappa shape index (κ2) is 5.14. The Labute approximate surface area is 123 Å². The predicted molar refractivity (Wildman–Crippen MR) is 76.3 cm³/mol. The predicted octanol–water partition coefficient (Wildman–Crippen LogP) is 0.230. The Morgan fingerprint density at radius 1 is 1.38 bits per heavy atom. The van der Waals surface area contributed by atoms with Gasteiger partial charge in [0, 0.05) is 19.8 Å². The third kappa shape index (κ3) is 2.65. The van der Waals surface area contributed by atoms with Crippen molar-refractivity contribution >= 4 is 11.9 Å². The molecule has 7 heteroatoms. The first-order chi connectivity index (χ1) is 9.97. The van der Waals surface area contributed by atoms with E-state index in [4.69, 9.17) is 0 Å². The van der Waals surface area contributed by atoms with Crippen molar-refractivity contribution in [1.29, 1.82) is 0 Å². The molecule has 3 amide bonds. The molecule has 1 unspecified atom stereocenters. The van der Waals surface area contributed by atoms with Crippen LogP contribution in [0.2, 0.25) is 0 Å².